The number of piperidine rings is 4. The van der Waals surface area contributed by atoms with Gasteiger partial charge in [-0.2, -0.15) is 12.9 Å². The van der Waals surface area contributed by atoms with Crippen LogP contribution in [0.5, 0.6) is 0 Å². The quantitative estimate of drug-likeness (QED) is 0.0996. The highest BCUT2D eigenvalue weighted by atomic mass is 32.2. The largest absolute Gasteiger partial charge is 0.506 e. The van der Waals surface area contributed by atoms with E-state index < -0.39 is 47.2 Å². The Hall–Kier alpha value is -7.40. The lowest BCUT2D eigenvalue weighted by Gasteiger charge is -2.42. The number of ketones is 1. The number of benzene rings is 8. The van der Waals surface area contributed by atoms with Crippen LogP contribution >= 0.6 is 11.9 Å². The Kier molecular flexibility index (Phi) is 14.9. The molecule has 0 saturated carbocycles. The normalized spacial score (nSPS) is 28.4. The lowest BCUT2D eigenvalue weighted by molar-refractivity contribution is -0.109. The molecule has 98 heavy (non-hydrogen) atoms. The molecule has 6 aliphatic heterocycles. The van der Waals surface area contributed by atoms with Crippen LogP contribution in [0.3, 0.4) is 0 Å². The summed E-state index contributed by atoms with van der Waals surface area (Å²) in [6.07, 6.45) is 3.94. The third-order valence-corrected chi connectivity index (χ3v) is 28.9. The van der Waals surface area contributed by atoms with Crippen molar-refractivity contribution in [3.8, 4) is 22.3 Å². The summed E-state index contributed by atoms with van der Waals surface area (Å²) >= 11 is 1.72. The average Bonchev–Trinajstić information content (AvgIpc) is 1.29. The maximum Gasteiger partial charge on any atom is 0.243 e. The van der Waals surface area contributed by atoms with Gasteiger partial charge >= 0.3 is 0 Å². The first kappa shape index (κ1) is 64.0. The van der Waals surface area contributed by atoms with Crippen LogP contribution in [-0.4, -0.2) is 106 Å². The zero-order chi connectivity index (χ0) is 68.0. The van der Waals surface area contributed by atoms with E-state index >= 15 is 30.0 Å². The van der Waals surface area contributed by atoms with Crippen molar-refractivity contribution < 1.29 is 35.2 Å². The molecule has 2 spiro atoms. The number of aliphatic hydroxyl groups is 1. The molecule has 8 aromatic carbocycles. The van der Waals surface area contributed by atoms with Gasteiger partial charge in [0.05, 0.1) is 42.6 Å². The van der Waals surface area contributed by atoms with Crippen molar-refractivity contribution in [1.82, 2.24) is 17.2 Å². The maximum atomic E-state index is 16.0. The molecular weight excluding hydrogens is 1310 g/mol. The molecule has 4 N–H and O–H groups in total. The summed E-state index contributed by atoms with van der Waals surface area (Å²) in [5.41, 5.74) is 5.06. The van der Waals surface area contributed by atoms with Crippen molar-refractivity contribution in [1.29, 1.82) is 0 Å². The topological polar surface area (TPSA) is 201 Å². The Morgan fingerprint density at radius 3 is 1.41 bits per heavy atom. The number of rotatable bonds is 9. The van der Waals surface area contributed by atoms with Crippen molar-refractivity contribution in [3.05, 3.63) is 178 Å². The van der Waals surface area contributed by atoms with Crippen molar-refractivity contribution in [3.63, 3.8) is 0 Å². The highest BCUT2D eigenvalue weighted by Gasteiger charge is 2.52. The molecule has 20 heteroatoms. The van der Waals surface area contributed by atoms with Gasteiger partial charge in [-0.25, -0.2) is 34.6 Å². The van der Waals surface area contributed by atoms with E-state index in [-0.39, 0.29) is 67.1 Å². The van der Waals surface area contributed by atoms with E-state index in [2.05, 4.69) is 93.8 Å². The highest BCUT2D eigenvalue weighted by molar-refractivity contribution is 7.97. The number of sulfonamides is 3. The number of anilines is 3. The Morgan fingerprint density at radius 2 is 0.888 bits per heavy atom. The number of aliphatic hydroxyl groups excluding tert-OH is 1. The number of nitrogens with zero attached hydrogens (tertiary/aromatic N) is 5. The van der Waals surface area contributed by atoms with Crippen LogP contribution in [0, 0.1) is 47.3 Å². The Morgan fingerprint density at radius 1 is 0.449 bits per heavy atom. The molecule has 4 saturated heterocycles. The monoisotopic (exact) mass is 1390 g/mol. The van der Waals surface area contributed by atoms with Crippen LogP contribution in [0.1, 0.15) is 109 Å². The van der Waals surface area contributed by atoms with Crippen LogP contribution in [0.2, 0.25) is 0 Å². The van der Waals surface area contributed by atoms with Gasteiger partial charge in [0.15, 0.2) is 11.3 Å². The number of nitrogens with one attached hydrogen (secondary N) is 3. The lowest BCUT2D eigenvalue weighted by Crippen LogP contribution is -2.46. The number of allylic oxidation sites excluding steroid dienone is 2. The Bertz CT molecular complexity index is 5210. The van der Waals surface area contributed by atoms with Crippen LogP contribution in [0.4, 0.5) is 17.1 Å². The highest BCUT2D eigenvalue weighted by Crippen LogP contribution is 2.58. The molecule has 0 radical (unpaired) electrons. The number of carbonyl (C=O) groups excluding carboxylic acids is 1. The predicted molar refractivity (Wildman–Crippen MR) is 388 cm³/mol. The molecule has 0 aromatic heterocycles. The van der Waals surface area contributed by atoms with E-state index in [0.717, 1.165) is 76.5 Å². The van der Waals surface area contributed by atoms with Crippen LogP contribution in [-0.2, 0) is 46.2 Å². The van der Waals surface area contributed by atoms with E-state index in [1.807, 2.05) is 78.9 Å². The zero-order valence-corrected chi connectivity index (χ0v) is 59.7. The van der Waals surface area contributed by atoms with E-state index in [1.54, 1.807) is 61.3 Å². The van der Waals surface area contributed by atoms with Crippen molar-refractivity contribution in [2.45, 2.75) is 112 Å². The second-order valence-electron chi connectivity index (χ2n) is 30.6. The van der Waals surface area contributed by atoms with Gasteiger partial charge in [-0.05, 0) is 179 Å². The minimum Gasteiger partial charge on any atom is -0.506 e. The molecule has 9 aliphatic rings. The summed E-state index contributed by atoms with van der Waals surface area (Å²) in [5, 5.41) is 29.0. The van der Waals surface area contributed by atoms with E-state index in [0.29, 0.717) is 118 Å². The lowest BCUT2D eigenvalue weighted by atomic mass is 9.79. The predicted octanol–water partition coefficient (Wildman–Crippen LogP) is 13.3. The first-order valence-corrected chi connectivity index (χ1v) is 40.0. The molecule has 506 valence electrons. The number of carbonyl (C=O) groups is 1. The second kappa shape index (κ2) is 22.8. The fraction of sp³-hybridized carbons (Fsp3) is 0.385. The van der Waals surface area contributed by atoms with Crippen molar-refractivity contribution in [2.24, 2.45) is 52.3 Å². The summed E-state index contributed by atoms with van der Waals surface area (Å²) in [5.74, 6) is 1.40. The molecule has 6 heterocycles. The molecule has 0 bridgehead atoms. The van der Waals surface area contributed by atoms with Gasteiger partial charge in [0.1, 0.15) is 5.76 Å². The van der Waals surface area contributed by atoms with Crippen molar-refractivity contribution >= 4 is 97.6 Å². The molecule has 8 aromatic rings. The number of hydrogen-bond acceptors (Lipinski definition) is 14. The van der Waals surface area contributed by atoms with E-state index in [1.165, 1.54) is 0 Å². The third kappa shape index (κ3) is 9.86. The Labute approximate surface area is 578 Å². The molecule has 4 fully saturated rings. The third-order valence-electron chi connectivity index (χ3n) is 22.4. The SMILES string of the molecule is CC1CC(C)CN(Sc2ccc3c(c2)C2(N=c4cccc5cc/c(=C6\C(=O)C(c7ccc8cccc9c8c7NC7(N9)c8cc(S(=O)(=O)N9CC(C)CC(C)C9)ccc8-c8ccc(S(=O)(=O)N9CC(C)CC(C)C9)cc87)=C6O)c(c45)N2)c2cc(S(=O)(=O)N4CC(C)CC(C)C4)ccc2-3)C1. The first-order valence-electron chi connectivity index (χ1n) is 34.9. The maximum absolute atomic E-state index is 16.0. The minimum absolute atomic E-state index is 0.0654. The molecule has 9 atom stereocenters. The number of hydrogen-bond donors (Lipinski definition) is 4. The fourth-order valence-electron chi connectivity index (χ4n) is 18.6. The summed E-state index contributed by atoms with van der Waals surface area (Å²) in [6.45, 7) is 21.4. The van der Waals surface area contributed by atoms with Gasteiger partial charge in [0, 0.05) is 107 Å². The molecule has 17 rings (SSSR count). The van der Waals surface area contributed by atoms with Gasteiger partial charge < -0.3 is 21.1 Å². The summed E-state index contributed by atoms with van der Waals surface area (Å²) in [6, 6.07) is 41.6. The smallest absolute Gasteiger partial charge is 0.243 e. The van der Waals surface area contributed by atoms with Crippen LogP contribution in [0.15, 0.2) is 164 Å². The number of fused-ring (bicyclic) bond motifs is 10. The van der Waals surface area contributed by atoms with Gasteiger partial charge in [-0.3, -0.25) is 4.79 Å². The summed E-state index contributed by atoms with van der Waals surface area (Å²) in [7, 11) is -12.1. The minimum atomic E-state index is -4.05. The van der Waals surface area contributed by atoms with Gasteiger partial charge in [-0.1, -0.05) is 128 Å². The molecule has 3 aliphatic carbocycles. The average molecular weight is 1390 g/mol. The Balaban J connectivity index is 0.831. The fourth-order valence-corrected chi connectivity index (χ4v) is 25.0. The first-order chi connectivity index (χ1) is 46.8. The number of Topliss-reactive ketones (excluding diaryl/α,β-unsaturated/α-hetero) is 1. The summed E-state index contributed by atoms with van der Waals surface area (Å²) in [4.78, 5) is 23.1. The van der Waals surface area contributed by atoms with Crippen LogP contribution < -0.4 is 26.5 Å². The van der Waals surface area contributed by atoms with Gasteiger partial charge in [0.25, 0.3) is 0 Å². The van der Waals surface area contributed by atoms with Gasteiger partial charge in [-0.15, -0.1) is 0 Å². The molecule has 0 amide bonds. The van der Waals surface area contributed by atoms with E-state index in [9.17, 15) is 5.11 Å². The molecule has 16 nitrogen and oxygen atoms in total. The molecular formula is C78H82N8O8S4. The van der Waals surface area contributed by atoms with Crippen LogP contribution in [0.25, 0.3) is 54.9 Å². The van der Waals surface area contributed by atoms with Crippen molar-refractivity contribution in [2.75, 3.05) is 68.3 Å². The standard InChI is InChI=1S/C78H82N8O8S4/c1-43-27-44(2)36-83(35-43)95-53-17-23-57-58-24-18-54(96(89,90)84-37-45(3)28-46(4)38-84)32-64(58)77(63(57)31-53)79-67-13-9-11-51-15-21-61(73(81-77)69(51)67)71-75(87)72(76(71)88)62-22-16-52-12-10-14-68-70(52)74(62)82-78(80-68)65-33-55(97(91,92)85-39-47(5)29-48(6)40-85)19-25-59(65)60-26-20-56(34-66(60)78)98(93,94)86-41-49(7)30-50(8)42-86/h9-26,31-34,43-50,80-82,87H,27-30,35-42H2,1-8H3/b71-61+. The molecule has 9 unspecified atom stereocenters. The van der Waals surface area contributed by atoms with E-state index in [4.69, 9.17) is 4.99 Å². The summed E-state index contributed by atoms with van der Waals surface area (Å²) < 4.78 is 97.4. The second-order valence-corrected chi connectivity index (χ2v) is 37.6. The van der Waals surface area contributed by atoms with Gasteiger partial charge in [0.2, 0.25) is 35.9 Å². The zero-order valence-electron chi connectivity index (χ0n) is 56.5.